The van der Waals surface area contributed by atoms with Crippen LogP contribution in [0.2, 0.25) is 5.02 Å². The van der Waals surface area contributed by atoms with E-state index in [2.05, 4.69) is 21.7 Å². The molecule has 0 bridgehead atoms. The largest absolute Gasteiger partial charge is 0.368 e. The van der Waals surface area contributed by atoms with E-state index in [1.54, 1.807) is 24.3 Å². The van der Waals surface area contributed by atoms with Crippen molar-refractivity contribution in [2.45, 2.75) is 0 Å². The van der Waals surface area contributed by atoms with Gasteiger partial charge in [0.25, 0.3) is 0 Å². The van der Waals surface area contributed by atoms with Crippen molar-refractivity contribution in [2.24, 2.45) is 0 Å². The zero-order valence-electron chi connectivity index (χ0n) is 12.0. The van der Waals surface area contributed by atoms with Crippen molar-refractivity contribution in [1.82, 2.24) is 15.2 Å². The fourth-order valence-electron chi connectivity index (χ4n) is 2.36. The van der Waals surface area contributed by atoms with Crippen molar-refractivity contribution in [3.05, 3.63) is 34.9 Å². The van der Waals surface area contributed by atoms with E-state index < -0.39 is 6.03 Å². The number of hydrogen-bond donors (Lipinski definition) is 2. The fourth-order valence-corrected chi connectivity index (χ4v) is 2.53. The number of nitriles is 1. The van der Waals surface area contributed by atoms with Gasteiger partial charge in [-0.05, 0) is 24.3 Å². The molecule has 0 atom stereocenters. The topological polar surface area (TPSA) is 98.1 Å². The minimum Gasteiger partial charge on any atom is -0.368 e. The van der Waals surface area contributed by atoms with Crippen LogP contribution in [0.5, 0.6) is 0 Å². The molecule has 3 rings (SSSR count). The molecule has 1 aliphatic rings. The molecule has 0 saturated carbocycles. The summed E-state index contributed by atoms with van der Waals surface area (Å²) in [5.74, 6) is 0.249. The Kier molecular flexibility index (Phi) is 4.00. The van der Waals surface area contributed by atoms with E-state index in [1.165, 1.54) is 0 Å². The second-order valence-electron chi connectivity index (χ2n) is 4.96. The number of urea groups is 1. The quantitative estimate of drug-likeness (QED) is 0.832. The molecule has 1 fully saturated rings. The van der Waals surface area contributed by atoms with Gasteiger partial charge in [-0.3, -0.25) is 9.69 Å². The number of fused-ring (bicyclic) bond motifs is 1. The number of aromatic nitrogens is 1. The molecule has 0 unspecified atom stereocenters. The number of anilines is 1. The number of nitrogens with one attached hydrogen (secondary N) is 2. The Morgan fingerprint density at radius 3 is 2.91 bits per heavy atom. The first-order chi connectivity index (χ1) is 11.1. The summed E-state index contributed by atoms with van der Waals surface area (Å²) in [4.78, 5) is 28.4. The van der Waals surface area contributed by atoms with Gasteiger partial charge in [-0.1, -0.05) is 11.6 Å². The summed E-state index contributed by atoms with van der Waals surface area (Å²) in [6, 6.07) is 8.47. The monoisotopic (exact) mass is 329 g/mol. The molecule has 8 heteroatoms. The summed E-state index contributed by atoms with van der Waals surface area (Å²) in [5.41, 5.74) is 1.10. The number of rotatable bonds is 4. The van der Waals surface area contributed by atoms with Crippen LogP contribution in [0.4, 0.5) is 10.6 Å². The van der Waals surface area contributed by atoms with Crippen molar-refractivity contribution in [3.8, 4) is 6.07 Å². The van der Waals surface area contributed by atoms with Crippen LogP contribution in [0, 0.1) is 11.3 Å². The number of pyridine rings is 1. The van der Waals surface area contributed by atoms with Crippen molar-refractivity contribution >= 4 is 40.3 Å². The zero-order valence-corrected chi connectivity index (χ0v) is 12.7. The number of carbonyl (C=O) groups is 2. The average molecular weight is 330 g/mol. The molecule has 2 N–H and O–H groups in total. The molecular weight excluding hydrogens is 318 g/mol. The van der Waals surface area contributed by atoms with Crippen LogP contribution in [0.3, 0.4) is 0 Å². The number of carbonyl (C=O) groups excluding carboxylic acids is 2. The third-order valence-electron chi connectivity index (χ3n) is 3.47. The molecule has 116 valence electrons. The maximum absolute atomic E-state index is 11.5. The third-order valence-corrected chi connectivity index (χ3v) is 3.70. The zero-order chi connectivity index (χ0) is 16.4. The van der Waals surface area contributed by atoms with E-state index in [9.17, 15) is 14.9 Å². The van der Waals surface area contributed by atoms with Gasteiger partial charge < -0.3 is 10.6 Å². The lowest BCUT2D eigenvalue weighted by Crippen LogP contribution is -2.35. The Hall–Kier alpha value is -2.85. The highest BCUT2D eigenvalue weighted by atomic mass is 35.5. The number of nitrogens with zero attached hydrogens (tertiary/aromatic N) is 3. The van der Waals surface area contributed by atoms with E-state index >= 15 is 0 Å². The highest BCUT2D eigenvalue weighted by molar-refractivity contribution is 6.31. The van der Waals surface area contributed by atoms with Gasteiger partial charge in [-0.2, -0.15) is 5.26 Å². The normalized spacial score (nSPS) is 14.0. The van der Waals surface area contributed by atoms with E-state index in [-0.39, 0.29) is 19.0 Å². The first kappa shape index (κ1) is 15.1. The van der Waals surface area contributed by atoms with Gasteiger partial charge >= 0.3 is 6.03 Å². The van der Waals surface area contributed by atoms with Gasteiger partial charge in [0.1, 0.15) is 5.82 Å². The lowest BCUT2D eigenvalue weighted by atomic mass is 10.1. The molecule has 1 aromatic heterocycles. The first-order valence-corrected chi connectivity index (χ1v) is 7.29. The number of hydrogen-bond acceptors (Lipinski definition) is 5. The van der Waals surface area contributed by atoms with Gasteiger partial charge in [0.2, 0.25) is 5.91 Å². The van der Waals surface area contributed by atoms with Crippen molar-refractivity contribution in [3.63, 3.8) is 0 Å². The molecule has 2 heterocycles. The second-order valence-corrected chi connectivity index (χ2v) is 5.40. The van der Waals surface area contributed by atoms with Crippen LogP contribution in [0.25, 0.3) is 10.9 Å². The van der Waals surface area contributed by atoms with Crippen molar-refractivity contribution in [1.29, 1.82) is 5.26 Å². The van der Waals surface area contributed by atoms with E-state index in [4.69, 9.17) is 11.6 Å². The lowest BCUT2D eigenvalue weighted by molar-refractivity contribution is -0.124. The van der Waals surface area contributed by atoms with Crippen LogP contribution >= 0.6 is 11.6 Å². The average Bonchev–Trinajstić information content (AvgIpc) is 2.86. The van der Waals surface area contributed by atoms with Crippen LogP contribution in [0.15, 0.2) is 24.3 Å². The van der Waals surface area contributed by atoms with Crippen molar-refractivity contribution < 1.29 is 9.59 Å². The summed E-state index contributed by atoms with van der Waals surface area (Å²) in [6.45, 7) is 0.607. The number of halogens is 1. The number of imide groups is 1. The molecule has 7 nitrogen and oxygen atoms in total. The maximum Gasteiger partial charge on any atom is 0.324 e. The minimum atomic E-state index is -0.393. The van der Waals surface area contributed by atoms with Crippen molar-refractivity contribution in [2.75, 3.05) is 25.0 Å². The van der Waals surface area contributed by atoms with Gasteiger partial charge in [0.15, 0.2) is 0 Å². The van der Waals surface area contributed by atoms with E-state index in [1.807, 2.05) is 0 Å². The van der Waals surface area contributed by atoms with Crippen LogP contribution in [-0.4, -0.2) is 41.5 Å². The summed E-state index contributed by atoms with van der Waals surface area (Å²) >= 11 is 5.94. The third kappa shape index (κ3) is 3.03. The molecule has 0 spiro atoms. The molecule has 1 aromatic carbocycles. The van der Waals surface area contributed by atoms with Gasteiger partial charge in [0, 0.05) is 23.5 Å². The molecule has 1 saturated heterocycles. The molecule has 0 radical (unpaired) electrons. The maximum atomic E-state index is 11.5. The predicted molar refractivity (Wildman–Crippen MR) is 85.1 cm³/mol. The number of benzene rings is 1. The molecule has 2 aromatic rings. The van der Waals surface area contributed by atoms with Gasteiger partial charge in [-0.15, -0.1) is 0 Å². The minimum absolute atomic E-state index is 0.0341. The van der Waals surface area contributed by atoms with Crippen LogP contribution in [0.1, 0.15) is 5.56 Å². The molecular formula is C15H12ClN5O2. The summed E-state index contributed by atoms with van der Waals surface area (Å²) in [5, 5.41) is 16.0. The predicted octanol–water partition coefficient (Wildman–Crippen LogP) is 1.72. The molecule has 0 aliphatic carbocycles. The smallest absolute Gasteiger partial charge is 0.324 e. The van der Waals surface area contributed by atoms with Gasteiger partial charge in [-0.25, -0.2) is 9.78 Å². The Balaban J connectivity index is 1.76. The Labute approximate surface area is 136 Å². The summed E-state index contributed by atoms with van der Waals surface area (Å²) in [7, 11) is 0. The molecule has 3 amide bonds. The van der Waals surface area contributed by atoms with Crippen LogP contribution in [-0.2, 0) is 4.79 Å². The summed E-state index contributed by atoms with van der Waals surface area (Å²) in [6.07, 6.45) is 0. The molecule has 1 aliphatic heterocycles. The Bertz CT molecular complexity index is 830. The van der Waals surface area contributed by atoms with E-state index in [0.29, 0.717) is 33.9 Å². The standard InChI is InChI=1S/C15H12ClN5O2/c16-10-1-2-12-11(6-10)9(7-17)5-13(20-12)18-3-4-21-14(22)8-19-15(21)23/h1-2,5-6H,3-4,8H2,(H,18,20)(H,19,23). The SMILES string of the molecule is N#Cc1cc(NCCN2C(=O)CNC2=O)nc2ccc(Cl)cc12. The lowest BCUT2D eigenvalue weighted by Gasteiger charge is -2.13. The van der Waals surface area contributed by atoms with Gasteiger partial charge in [0.05, 0.1) is 23.7 Å². The Morgan fingerprint density at radius 1 is 1.39 bits per heavy atom. The highest BCUT2D eigenvalue weighted by Gasteiger charge is 2.27. The molecule has 23 heavy (non-hydrogen) atoms. The Morgan fingerprint density at radius 2 is 2.22 bits per heavy atom. The van der Waals surface area contributed by atoms with Crippen LogP contribution < -0.4 is 10.6 Å². The summed E-state index contributed by atoms with van der Waals surface area (Å²) < 4.78 is 0. The van der Waals surface area contributed by atoms with E-state index in [0.717, 1.165) is 4.90 Å². The second kappa shape index (κ2) is 6.10. The highest BCUT2D eigenvalue weighted by Crippen LogP contribution is 2.23. The fraction of sp³-hybridized carbons (Fsp3) is 0.200. The first-order valence-electron chi connectivity index (χ1n) is 6.91. The number of amides is 3.